The molecule has 0 aliphatic carbocycles. The zero-order valence-corrected chi connectivity index (χ0v) is 7.84. The Morgan fingerprint density at radius 2 is 1.24 bits per heavy atom. The zero-order chi connectivity index (χ0) is 13.4. The number of pyridine rings is 1. The Morgan fingerprint density at radius 3 is 1.47 bits per heavy atom. The van der Waals surface area contributed by atoms with Crippen LogP contribution in [0, 0.1) is 0 Å². The minimum absolute atomic E-state index is 0.139. The van der Waals surface area contributed by atoms with E-state index in [0.717, 1.165) is 0 Å². The molecule has 0 saturated carbocycles. The highest BCUT2D eigenvalue weighted by Crippen LogP contribution is 2.31. The molecule has 1 rings (SSSR count). The second-order valence-corrected chi connectivity index (χ2v) is 3.04. The number of aromatic nitrogens is 1. The highest BCUT2D eigenvalue weighted by molar-refractivity contribution is 6.58. The molecule has 1 heterocycles. The maximum atomic E-state index is 12.2. The van der Waals surface area contributed by atoms with Gasteiger partial charge in [-0.2, -0.15) is 26.3 Å². The Balaban J connectivity index is 3.40. The molecular weight excluding hydrogens is 255 g/mol. The van der Waals surface area contributed by atoms with Crippen molar-refractivity contribution in [3.8, 4) is 0 Å². The van der Waals surface area contributed by atoms with Gasteiger partial charge in [-0.1, -0.05) is 0 Å². The van der Waals surface area contributed by atoms with Crippen LogP contribution in [0.25, 0.3) is 0 Å². The molecule has 3 nitrogen and oxygen atoms in total. The highest BCUT2D eigenvalue weighted by Gasteiger charge is 2.39. The molecule has 0 spiro atoms. The minimum atomic E-state index is -5.11. The van der Waals surface area contributed by atoms with Crippen molar-refractivity contribution in [3.05, 3.63) is 23.5 Å². The van der Waals surface area contributed by atoms with E-state index in [2.05, 4.69) is 4.98 Å². The van der Waals surface area contributed by atoms with Crippen LogP contribution < -0.4 is 5.46 Å². The number of nitrogens with zero attached hydrogens (tertiary/aromatic N) is 1. The van der Waals surface area contributed by atoms with Crippen molar-refractivity contribution in [2.24, 2.45) is 0 Å². The molecule has 0 aromatic carbocycles. The van der Waals surface area contributed by atoms with E-state index < -0.39 is 36.3 Å². The molecule has 0 saturated heterocycles. The molecule has 2 N–H and O–H groups in total. The maximum absolute atomic E-state index is 12.2. The smallest absolute Gasteiger partial charge is 0.423 e. The molecule has 0 atom stereocenters. The highest BCUT2D eigenvalue weighted by atomic mass is 19.4. The van der Waals surface area contributed by atoms with E-state index in [1.807, 2.05) is 0 Å². The molecule has 0 unspecified atom stereocenters. The summed E-state index contributed by atoms with van der Waals surface area (Å²) in [6.07, 6.45) is -10.2. The summed E-state index contributed by atoms with van der Waals surface area (Å²) in [5.41, 5.74) is -4.61. The number of alkyl halides is 6. The predicted molar refractivity (Wildman–Crippen MR) is 44.1 cm³/mol. The second kappa shape index (κ2) is 4.19. The van der Waals surface area contributed by atoms with E-state index in [4.69, 9.17) is 10.0 Å². The number of hydrogen-bond acceptors (Lipinski definition) is 3. The SMILES string of the molecule is OB(O)c1cc(C(F)(F)F)nc(C(F)(F)F)c1. The Bertz CT molecular complexity index is 384. The van der Waals surface area contributed by atoms with Crippen molar-refractivity contribution in [1.82, 2.24) is 4.98 Å². The first-order valence-electron chi connectivity index (χ1n) is 4.04. The van der Waals surface area contributed by atoms with Crippen LogP contribution in [0.1, 0.15) is 11.4 Å². The summed E-state index contributed by atoms with van der Waals surface area (Å²) in [5, 5.41) is 17.2. The molecule has 0 aliphatic rings. The van der Waals surface area contributed by atoms with Gasteiger partial charge in [0.1, 0.15) is 11.4 Å². The van der Waals surface area contributed by atoms with Gasteiger partial charge in [0.2, 0.25) is 0 Å². The van der Waals surface area contributed by atoms with Crippen LogP contribution in [0.3, 0.4) is 0 Å². The van der Waals surface area contributed by atoms with Crippen LogP contribution in [0.5, 0.6) is 0 Å². The summed E-state index contributed by atoms with van der Waals surface area (Å²) in [4.78, 5) is 2.39. The fraction of sp³-hybridized carbons (Fsp3) is 0.286. The van der Waals surface area contributed by atoms with Gasteiger partial charge in [-0.3, -0.25) is 0 Å². The fourth-order valence-corrected chi connectivity index (χ4v) is 0.991. The van der Waals surface area contributed by atoms with Crippen molar-refractivity contribution in [3.63, 3.8) is 0 Å². The Morgan fingerprint density at radius 1 is 0.882 bits per heavy atom. The van der Waals surface area contributed by atoms with E-state index in [1.54, 1.807) is 0 Å². The zero-order valence-electron chi connectivity index (χ0n) is 7.84. The molecule has 1 aromatic rings. The molecule has 10 heteroatoms. The van der Waals surface area contributed by atoms with Gasteiger partial charge in [-0.05, 0) is 17.6 Å². The topological polar surface area (TPSA) is 53.4 Å². The average Bonchev–Trinajstić information content (AvgIpc) is 2.14. The lowest BCUT2D eigenvalue weighted by molar-refractivity contribution is -0.149. The number of halogens is 6. The van der Waals surface area contributed by atoms with Crippen LogP contribution in [0.4, 0.5) is 26.3 Å². The summed E-state index contributed by atoms with van der Waals surface area (Å²) in [6.45, 7) is 0. The molecule has 0 radical (unpaired) electrons. The van der Waals surface area contributed by atoms with Crippen molar-refractivity contribution in [2.75, 3.05) is 0 Å². The van der Waals surface area contributed by atoms with Crippen LogP contribution >= 0.6 is 0 Å². The monoisotopic (exact) mass is 259 g/mol. The second-order valence-electron chi connectivity index (χ2n) is 3.04. The van der Waals surface area contributed by atoms with Crippen molar-refractivity contribution in [1.29, 1.82) is 0 Å². The molecule has 94 valence electrons. The first-order chi connectivity index (χ1) is 7.51. The van der Waals surface area contributed by atoms with E-state index >= 15 is 0 Å². The van der Waals surface area contributed by atoms with E-state index in [-0.39, 0.29) is 12.1 Å². The summed E-state index contributed by atoms with van der Waals surface area (Å²) >= 11 is 0. The van der Waals surface area contributed by atoms with Gasteiger partial charge in [0, 0.05) is 0 Å². The lowest BCUT2D eigenvalue weighted by Gasteiger charge is -2.12. The van der Waals surface area contributed by atoms with Crippen LogP contribution in [-0.4, -0.2) is 22.2 Å². The van der Waals surface area contributed by atoms with Gasteiger partial charge in [-0.25, -0.2) is 4.98 Å². The lowest BCUT2D eigenvalue weighted by Crippen LogP contribution is -2.33. The van der Waals surface area contributed by atoms with Gasteiger partial charge in [0.25, 0.3) is 0 Å². The number of hydrogen-bond donors (Lipinski definition) is 2. The van der Waals surface area contributed by atoms with Gasteiger partial charge < -0.3 is 10.0 Å². The van der Waals surface area contributed by atoms with Crippen LogP contribution in [0.15, 0.2) is 12.1 Å². The van der Waals surface area contributed by atoms with Crippen molar-refractivity contribution >= 4 is 12.6 Å². The minimum Gasteiger partial charge on any atom is -0.423 e. The number of rotatable bonds is 1. The summed E-state index contributed by atoms with van der Waals surface area (Å²) in [6, 6.07) is 0.278. The van der Waals surface area contributed by atoms with E-state index in [9.17, 15) is 26.3 Å². The largest absolute Gasteiger partial charge is 0.488 e. The van der Waals surface area contributed by atoms with Crippen LogP contribution in [0.2, 0.25) is 0 Å². The summed E-state index contributed by atoms with van der Waals surface area (Å²) in [5.74, 6) is 0. The van der Waals surface area contributed by atoms with Crippen molar-refractivity contribution in [2.45, 2.75) is 12.4 Å². The quantitative estimate of drug-likeness (QED) is 0.579. The first-order valence-corrected chi connectivity index (χ1v) is 4.04. The summed E-state index contributed by atoms with van der Waals surface area (Å²) in [7, 11) is -2.44. The molecule has 0 aliphatic heterocycles. The molecule has 0 amide bonds. The van der Waals surface area contributed by atoms with E-state index in [1.165, 1.54) is 0 Å². The predicted octanol–water partition coefficient (Wildman–Crippen LogP) is 0.799. The third kappa shape index (κ3) is 3.33. The van der Waals surface area contributed by atoms with Gasteiger partial charge in [0.15, 0.2) is 0 Å². The van der Waals surface area contributed by atoms with Crippen LogP contribution in [-0.2, 0) is 12.4 Å². The molecule has 0 bridgehead atoms. The Kier molecular flexibility index (Phi) is 3.39. The standard InChI is InChI=1S/C7H4BF6NO2/c9-6(10,11)4-1-3(8(16)17)2-5(15-4)7(12,13)14/h1-2,16-17H. The lowest BCUT2D eigenvalue weighted by atomic mass is 9.80. The third-order valence-electron chi connectivity index (χ3n) is 1.73. The molecule has 17 heavy (non-hydrogen) atoms. The molecular formula is C7H4BF6NO2. The van der Waals surface area contributed by atoms with Crippen molar-refractivity contribution < 1.29 is 36.4 Å². The van der Waals surface area contributed by atoms with Gasteiger partial charge in [-0.15, -0.1) is 0 Å². The normalized spacial score (nSPS) is 12.7. The fourth-order valence-electron chi connectivity index (χ4n) is 0.991. The van der Waals surface area contributed by atoms with E-state index in [0.29, 0.717) is 0 Å². The average molecular weight is 259 g/mol. The third-order valence-corrected chi connectivity index (χ3v) is 1.73. The van der Waals surface area contributed by atoms with Gasteiger partial charge >= 0.3 is 19.5 Å². The summed E-state index contributed by atoms with van der Waals surface area (Å²) < 4.78 is 73.2. The first kappa shape index (κ1) is 13.8. The maximum Gasteiger partial charge on any atom is 0.488 e. The van der Waals surface area contributed by atoms with Gasteiger partial charge in [0.05, 0.1) is 0 Å². The Hall–Kier alpha value is -1.29. The molecule has 0 fully saturated rings. The Labute approximate surface area is 90.9 Å². The molecule has 1 aromatic heterocycles.